The molecule has 0 N–H and O–H groups in total. The van der Waals surface area contributed by atoms with Crippen LogP contribution in [0.1, 0.15) is 0 Å². The Kier molecular flexibility index (Phi) is 8.89. The van der Waals surface area contributed by atoms with E-state index in [4.69, 9.17) is 0 Å². The van der Waals surface area contributed by atoms with Gasteiger partial charge < -0.3 is 10.2 Å². The predicted octanol–water partition coefficient (Wildman–Crippen LogP) is 2.66. The van der Waals surface area contributed by atoms with E-state index in [-0.39, 0.29) is 38.8 Å². The summed E-state index contributed by atoms with van der Waals surface area (Å²) in [6.07, 6.45) is 0. The van der Waals surface area contributed by atoms with Gasteiger partial charge in [-0.1, -0.05) is 79.8 Å². The molecule has 0 aromatic heterocycles. The number of hydrogen-bond donors (Lipinski definition) is 0. The molecule has 0 amide bonds. The van der Waals surface area contributed by atoms with E-state index >= 15 is 0 Å². The molecule has 0 aliphatic carbocycles. The molecule has 2 rings (SSSR count). The van der Waals surface area contributed by atoms with Gasteiger partial charge in [0.15, 0.2) is 0 Å². The minimum Gasteiger partial charge on any atom is -0.872 e. The fourth-order valence-corrected chi connectivity index (χ4v) is 1.46. The minimum absolute atomic E-state index is 0. The van der Waals surface area contributed by atoms with E-state index in [2.05, 4.69) is 31.9 Å². The average Bonchev–Trinajstić information content (AvgIpc) is 2.28. The molecule has 0 heterocycles. The van der Waals surface area contributed by atoms with Crippen molar-refractivity contribution in [2.45, 2.75) is 0 Å². The third-order valence-electron chi connectivity index (χ3n) is 1.67. The Morgan fingerprint density at radius 3 is 1.12 bits per heavy atom. The van der Waals surface area contributed by atoms with Crippen LogP contribution in [-0.2, 0) is 0 Å². The number of rotatable bonds is 0. The summed E-state index contributed by atoms with van der Waals surface area (Å²) in [5, 5.41) is 21.1. The maximum atomic E-state index is 10.6. The van der Waals surface area contributed by atoms with Crippen molar-refractivity contribution >= 4 is 59.2 Å². The van der Waals surface area contributed by atoms with E-state index in [0.717, 1.165) is 0 Å². The molecule has 0 saturated heterocycles. The topological polar surface area (TPSA) is 46.1 Å². The van der Waals surface area contributed by atoms with Crippen LogP contribution >= 0.6 is 31.9 Å². The third-order valence-corrected chi connectivity index (χ3v) is 2.98. The molecule has 0 saturated carbocycles. The molecule has 0 spiro atoms. The van der Waals surface area contributed by atoms with E-state index in [1.165, 1.54) is 12.1 Å². The van der Waals surface area contributed by atoms with Crippen molar-refractivity contribution in [3.8, 4) is 11.5 Å². The zero-order valence-corrected chi connectivity index (χ0v) is 15.8. The number of benzene rings is 2. The van der Waals surface area contributed by atoms with E-state index < -0.39 is 0 Å². The standard InChI is InChI=1S/2C6H5BrO.Pb/c2*7-5-3-1-2-4-6(5)8;/h2*1-4,8H;/q;;+2/p-2. The summed E-state index contributed by atoms with van der Waals surface area (Å²) in [6, 6.07) is 13.5. The SMILES string of the molecule is [O-]c1ccccc1Br.[O-]c1ccccc1Br.[Pb+2]. The van der Waals surface area contributed by atoms with Gasteiger partial charge >= 0.3 is 27.3 Å². The number of halogens is 2. The molecular weight excluding hydrogens is 543 g/mol. The van der Waals surface area contributed by atoms with Crippen molar-refractivity contribution in [2.75, 3.05) is 0 Å². The summed E-state index contributed by atoms with van der Waals surface area (Å²) < 4.78 is 1.25. The molecular formula is C12H8Br2O2Pb. The first-order valence-corrected chi connectivity index (χ1v) is 6.03. The van der Waals surface area contributed by atoms with E-state index in [1.807, 2.05) is 12.1 Å². The van der Waals surface area contributed by atoms with Gasteiger partial charge in [0, 0.05) is 8.95 Å². The second-order valence-electron chi connectivity index (χ2n) is 2.86. The van der Waals surface area contributed by atoms with Crippen LogP contribution in [-0.4, -0.2) is 27.3 Å². The maximum Gasteiger partial charge on any atom is 2.00 e. The van der Waals surface area contributed by atoms with Crippen molar-refractivity contribution in [2.24, 2.45) is 0 Å². The Morgan fingerprint density at radius 2 is 0.941 bits per heavy atom. The van der Waals surface area contributed by atoms with Crippen molar-refractivity contribution in [3.05, 3.63) is 57.5 Å². The molecule has 2 aromatic carbocycles. The first-order chi connectivity index (χ1) is 7.61. The van der Waals surface area contributed by atoms with Gasteiger partial charge in [0.25, 0.3) is 0 Å². The van der Waals surface area contributed by atoms with Gasteiger partial charge in [-0.3, -0.25) is 0 Å². The molecule has 0 fully saturated rings. The van der Waals surface area contributed by atoms with Crippen LogP contribution in [0.3, 0.4) is 0 Å². The van der Waals surface area contributed by atoms with Crippen LogP contribution in [0, 0.1) is 0 Å². The van der Waals surface area contributed by atoms with Gasteiger partial charge in [0.05, 0.1) is 0 Å². The van der Waals surface area contributed by atoms with Crippen LogP contribution in [0.25, 0.3) is 0 Å². The quantitative estimate of drug-likeness (QED) is 0.474. The average molecular weight is 551 g/mol. The molecule has 0 aliphatic heterocycles. The third kappa shape index (κ3) is 6.42. The Morgan fingerprint density at radius 1 is 0.647 bits per heavy atom. The second kappa shape index (κ2) is 8.93. The Labute approximate surface area is 137 Å². The van der Waals surface area contributed by atoms with Gasteiger partial charge in [-0.15, -0.1) is 0 Å². The van der Waals surface area contributed by atoms with Crippen LogP contribution < -0.4 is 10.2 Å². The largest absolute Gasteiger partial charge is 2.00 e. The van der Waals surface area contributed by atoms with Gasteiger partial charge in [0.1, 0.15) is 0 Å². The van der Waals surface area contributed by atoms with Crippen LogP contribution in [0.15, 0.2) is 57.5 Å². The Balaban J connectivity index is 0.000000284. The van der Waals surface area contributed by atoms with E-state index in [0.29, 0.717) is 8.95 Å². The van der Waals surface area contributed by atoms with Crippen molar-refractivity contribution in [3.63, 3.8) is 0 Å². The van der Waals surface area contributed by atoms with Gasteiger partial charge in [-0.2, -0.15) is 0 Å². The van der Waals surface area contributed by atoms with E-state index in [1.54, 1.807) is 24.3 Å². The smallest absolute Gasteiger partial charge is 0.872 e. The fourth-order valence-electron chi connectivity index (χ4n) is 0.889. The van der Waals surface area contributed by atoms with Gasteiger partial charge in [-0.05, 0) is 12.1 Å². The zero-order chi connectivity index (χ0) is 12.0. The van der Waals surface area contributed by atoms with Gasteiger partial charge in [0.2, 0.25) is 0 Å². The second-order valence-corrected chi connectivity index (χ2v) is 4.57. The molecule has 2 nitrogen and oxygen atoms in total. The monoisotopic (exact) mass is 550 g/mol. The maximum absolute atomic E-state index is 10.6. The molecule has 17 heavy (non-hydrogen) atoms. The summed E-state index contributed by atoms with van der Waals surface area (Å²) in [6.45, 7) is 0. The normalized spacial score (nSPS) is 8.59. The zero-order valence-electron chi connectivity index (χ0n) is 8.69. The molecule has 5 heteroatoms. The molecule has 2 aromatic rings. The molecule has 0 bridgehead atoms. The Hall–Kier alpha value is -0.0779. The molecule has 0 atom stereocenters. The van der Waals surface area contributed by atoms with Gasteiger partial charge in [-0.25, -0.2) is 0 Å². The summed E-state index contributed by atoms with van der Waals surface area (Å²) in [7, 11) is 0. The molecule has 2 radical (unpaired) electrons. The van der Waals surface area contributed by atoms with Crippen molar-refractivity contribution < 1.29 is 10.2 Å². The van der Waals surface area contributed by atoms with Crippen LogP contribution in [0.2, 0.25) is 0 Å². The van der Waals surface area contributed by atoms with Crippen molar-refractivity contribution in [1.82, 2.24) is 0 Å². The first kappa shape index (κ1) is 16.9. The predicted molar refractivity (Wildman–Crippen MR) is 72.9 cm³/mol. The first-order valence-electron chi connectivity index (χ1n) is 4.44. The summed E-state index contributed by atoms with van der Waals surface area (Å²) in [5.74, 6) is 0.0694. The molecule has 0 unspecified atom stereocenters. The van der Waals surface area contributed by atoms with Crippen LogP contribution in [0.5, 0.6) is 11.5 Å². The fraction of sp³-hybridized carbons (Fsp3) is 0. The summed E-state index contributed by atoms with van der Waals surface area (Å²) >= 11 is 6.17. The van der Waals surface area contributed by atoms with Crippen molar-refractivity contribution in [1.29, 1.82) is 0 Å². The minimum atomic E-state index is 0. The Bertz CT molecular complexity index is 378. The number of para-hydroxylation sites is 2. The summed E-state index contributed by atoms with van der Waals surface area (Å²) in [4.78, 5) is 0. The van der Waals surface area contributed by atoms with E-state index in [9.17, 15) is 10.2 Å². The molecule has 0 aliphatic rings. The number of hydrogen-bond acceptors (Lipinski definition) is 2. The molecule has 86 valence electrons. The summed E-state index contributed by atoms with van der Waals surface area (Å²) in [5.41, 5.74) is 0. The van der Waals surface area contributed by atoms with Crippen LogP contribution in [0.4, 0.5) is 0 Å².